The van der Waals surface area contributed by atoms with Crippen molar-refractivity contribution in [2.24, 2.45) is 5.92 Å². The Morgan fingerprint density at radius 3 is 3.06 bits per heavy atom. The second-order valence-electron chi connectivity index (χ2n) is 4.52. The lowest BCUT2D eigenvalue weighted by Gasteiger charge is -2.35. The van der Waals surface area contributed by atoms with Crippen LogP contribution in [0.4, 0.5) is 5.13 Å². The molecule has 0 unspecified atom stereocenters. The van der Waals surface area contributed by atoms with Crippen LogP contribution in [0.25, 0.3) is 0 Å². The van der Waals surface area contributed by atoms with Gasteiger partial charge in [0, 0.05) is 24.5 Å². The van der Waals surface area contributed by atoms with Gasteiger partial charge >= 0.3 is 0 Å². The first kappa shape index (κ1) is 10.5. The SMILES string of the molecule is CCc1nsc(N2CCOC[C@H]2C2CC2)n1. The Morgan fingerprint density at radius 2 is 2.38 bits per heavy atom. The minimum Gasteiger partial charge on any atom is -0.377 e. The molecule has 4 nitrogen and oxygen atoms in total. The van der Waals surface area contributed by atoms with Gasteiger partial charge in [-0.2, -0.15) is 4.37 Å². The predicted molar refractivity (Wildman–Crippen MR) is 64.0 cm³/mol. The molecule has 0 N–H and O–H groups in total. The Labute approximate surface area is 99.8 Å². The van der Waals surface area contributed by atoms with Crippen molar-refractivity contribution in [2.45, 2.75) is 32.2 Å². The van der Waals surface area contributed by atoms with Crippen LogP contribution in [0.15, 0.2) is 0 Å². The quantitative estimate of drug-likeness (QED) is 0.805. The van der Waals surface area contributed by atoms with Crippen molar-refractivity contribution in [1.82, 2.24) is 9.36 Å². The lowest BCUT2D eigenvalue weighted by molar-refractivity contribution is 0.0878. The highest BCUT2D eigenvalue weighted by Crippen LogP contribution is 2.38. The zero-order chi connectivity index (χ0) is 11.0. The maximum Gasteiger partial charge on any atom is 0.205 e. The van der Waals surface area contributed by atoms with Crippen LogP contribution < -0.4 is 4.90 Å². The standard InChI is InChI=1S/C11H17N3OS/c1-2-10-12-11(16-13-10)14-5-6-15-7-9(14)8-3-4-8/h8-9H,2-7H2,1H3/t9-/m0/s1. The molecule has 16 heavy (non-hydrogen) atoms. The van der Waals surface area contributed by atoms with E-state index in [-0.39, 0.29) is 0 Å². The molecule has 0 spiro atoms. The monoisotopic (exact) mass is 239 g/mol. The third-order valence-electron chi connectivity index (χ3n) is 3.35. The topological polar surface area (TPSA) is 38.2 Å². The van der Waals surface area contributed by atoms with Gasteiger partial charge in [0.25, 0.3) is 0 Å². The molecule has 1 aliphatic heterocycles. The van der Waals surface area contributed by atoms with Gasteiger partial charge in [0.1, 0.15) is 5.82 Å². The third-order valence-corrected chi connectivity index (χ3v) is 4.14. The Balaban J connectivity index is 1.79. The summed E-state index contributed by atoms with van der Waals surface area (Å²) in [5.74, 6) is 1.80. The van der Waals surface area contributed by atoms with Gasteiger partial charge in [0.15, 0.2) is 0 Å². The molecule has 1 aromatic heterocycles. The van der Waals surface area contributed by atoms with Gasteiger partial charge < -0.3 is 9.64 Å². The molecule has 5 heteroatoms. The van der Waals surface area contributed by atoms with Crippen molar-refractivity contribution in [2.75, 3.05) is 24.7 Å². The average Bonchev–Trinajstić information content (AvgIpc) is 3.07. The van der Waals surface area contributed by atoms with Crippen LogP contribution in [0.3, 0.4) is 0 Å². The van der Waals surface area contributed by atoms with E-state index in [2.05, 4.69) is 21.2 Å². The van der Waals surface area contributed by atoms with E-state index < -0.39 is 0 Å². The van der Waals surface area contributed by atoms with Crippen LogP contribution in [0.1, 0.15) is 25.6 Å². The van der Waals surface area contributed by atoms with Gasteiger partial charge in [-0.3, -0.25) is 0 Å². The smallest absolute Gasteiger partial charge is 0.205 e. The van der Waals surface area contributed by atoms with Crippen LogP contribution in [0.5, 0.6) is 0 Å². The lowest BCUT2D eigenvalue weighted by Crippen LogP contribution is -2.46. The number of morpholine rings is 1. The second-order valence-corrected chi connectivity index (χ2v) is 5.25. The summed E-state index contributed by atoms with van der Waals surface area (Å²) in [5.41, 5.74) is 0. The minimum atomic E-state index is 0.548. The molecule has 1 saturated heterocycles. The third kappa shape index (κ3) is 1.94. The zero-order valence-electron chi connectivity index (χ0n) is 9.56. The second kappa shape index (κ2) is 4.30. The molecule has 0 amide bonds. The number of hydrogen-bond donors (Lipinski definition) is 0. The van der Waals surface area contributed by atoms with E-state index in [9.17, 15) is 0 Å². The van der Waals surface area contributed by atoms with Crippen molar-refractivity contribution in [3.8, 4) is 0 Å². The highest BCUT2D eigenvalue weighted by atomic mass is 32.1. The van der Waals surface area contributed by atoms with Gasteiger partial charge in [0.2, 0.25) is 5.13 Å². The summed E-state index contributed by atoms with van der Waals surface area (Å²) in [6, 6.07) is 0.548. The van der Waals surface area contributed by atoms with Gasteiger partial charge in [-0.05, 0) is 18.8 Å². The minimum absolute atomic E-state index is 0.548. The van der Waals surface area contributed by atoms with E-state index >= 15 is 0 Å². The maximum absolute atomic E-state index is 5.58. The fraction of sp³-hybridized carbons (Fsp3) is 0.818. The number of rotatable bonds is 3. The molecule has 0 bridgehead atoms. The number of aromatic nitrogens is 2. The number of aryl methyl sites for hydroxylation is 1. The Kier molecular flexibility index (Phi) is 2.81. The molecule has 0 radical (unpaired) electrons. The van der Waals surface area contributed by atoms with E-state index in [0.29, 0.717) is 6.04 Å². The fourth-order valence-corrected chi connectivity index (χ4v) is 3.07. The molecule has 1 aliphatic carbocycles. The van der Waals surface area contributed by atoms with Gasteiger partial charge in [0.05, 0.1) is 19.3 Å². The molecule has 1 atom stereocenters. The van der Waals surface area contributed by atoms with Crippen molar-refractivity contribution >= 4 is 16.7 Å². The Hall–Kier alpha value is -0.680. The van der Waals surface area contributed by atoms with Crippen molar-refractivity contribution in [3.05, 3.63) is 5.82 Å². The molecular formula is C11H17N3OS. The summed E-state index contributed by atoms with van der Waals surface area (Å²) in [7, 11) is 0. The summed E-state index contributed by atoms with van der Waals surface area (Å²) >= 11 is 1.54. The molecule has 2 aliphatic rings. The van der Waals surface area contributed by atoms with E-state index in [1.54, 1.807) is 0 Å². The molecule has 1 aromatic rings. The molecule has 0 aromatic carbocycles. The largest absolute Gasteiger partial charge is 0.377 e. The molecule has 88 valence electrons. The first-order chi connectivity index (χ1) is 7.88. The van der Waals surface area contributed by atoms with E-state index in [1.807, 2.05) is 0 Å². The van der Waals surface area contributed by atoms with Crippen molar-refractivity contribution in [1.29, 1.82) is 0 Å². The van der Waals surface area contributed by atoms with Crippen LogP contribution in [-0.2, 0) is 11.2 Å². The highest BCUT2D eigenvalue weighted by Gasteiger charge is 2.38. The highest BCUT2D eigenvalue weighted by molar-refractivity contribution is 7.09. The zero-order valence-corrected chi connectivity index (χ0v) is 10.4. The number of anilines is 1. The Morgan fingerprint density at radius 1 is 1.50 bits per heavy atom. The molecule has 3 rings (SSSR count). The molecule has 1 saturated carbocycles. The van der Waals surface area contributed by atoms with Crippen LogP contribution in [-0.4, -0.2) is 35.2 Å². The van der Waals surface area contributed by atoms with Crippen LogP contribution >= 0.6 is 11.5 Å². The average molecular weight is 239 g/mol. The lowest BCUT2D eigenvalue weighted by atomic mass is 10.1. The van der Waals surface area contributed by atoms with Gasteiger partial charge in [-0.25, -0.2) is 4.98 Å². The summed E-state index contributed by atoms with van der Waals surface area (Å²) in [6.07, 6.45) is 3.63. The summed E-state index contributed by atoms with van der Waals surface area (Å²) < 4.78 is 9.96. The van der Waals surface area contributed by atoms with E-state index in [1.165, 1.54) is 24.4 Å². The number of ether oxygens (including phenoxy) is 1. The van der Waals surface area contributed by atoms with Crippen LogP contribution in [0, 0.1) is 5.92 Å². The van der Waals surface area contributed by atoms with E-state index in [4.69, 9.17) is 4.74 Å². The number of nitrogens with zero attached hydrogens (tertiary/aromatic N) is 3. The predicted octanol–water partition coefficient (Wildman–Crippen LogP) is 1.72. The molecular weight excluding hydrogens is 222 g/mol. The fourth-order valence-electron chi connectivity index (χ4n) is 2.24. The number of hydrogen-bond acceptors (Lipinski definition) is 5. The van der Waals surface area contributed by atoms with Crippen molar-refractivity contribution < 1.29 is 4.74 Å². The normalized spacial score (nSPS) is 26.1. The molecule has 2 heterocycles. The summed E-state index contributed by atoms with van der Waals surface area (Å²) in [6.45, 7) is 4.76. The van der Waals surface area contributed by atoms with Crippen LogP contribution in [0.2, 0.25) is 0 Å². The molecule has 2 fully saturated rings. The first-order valence-electron chi connectivity index (χ1n) is 6.05. The van der Waals surface area contributed by atoms with Gasteiger partial charge in [-0.15, -0.1) is 0 Å². The first-order valence-corrected chi connectivity index (χ1v) is 6.83. The van der Waals surface area contributed by atoms with E-state index in [0.717, 1.165) is 43.1 Å². The Bertz CT molecular complexity index is 364. The maximum atomic E-state index is 5.58. The van der Waals surface area contributed by atoms with Gasteiger partial charge in [-0.1, -0.05) is 6.92 Å². The summed E-state index contributed by atoms with van der Waals surface area (Å²) in [4.78, 5) is 7.01. The summed E-state index contributed by atoms with van der Waals surface area (Å²) in [5, 5.41) is 1.09. The van der Waals surface area contributed by atoms with Crippen molar-refractivity contribution in [3.63, 3.8) is 0 Å².